The average molecular weight is 342 g/mol. The van der Waals surface area contributed by atoms with Crippen molar-refractivity contribution >= 4 is 29.1 Å². The highest BCUT2D eigenvalue weighted by atomic mass is 35.5. The SMILES string of the molecule is Cc1n[nH]c(C)c1C(=O)N(CCO)Cc1ccc(Cl)c(Cl)c1. The molecule has 0 radical (unpaired) electrons. The van der Waals surface area contributed by atoms with Gasteiger partial charge in [-0.1, -0.05) is 29.3 Å². The van der Waals surface area contributed by atoms with E-state index in [0.29, 0.717) is 33.5 Å². The molecule has 118 valence electrons. The van der Waals surface area contributed by atoms with Crippen LogP contribution in [0.4, 0.5) is 0 Å². The predicted octanol–water partition coefficient (Wildman–Crippen LogP) is 2.97. The Kier molecular flexibility index (Phi) is 5.45. The Morgan fingerprint density at radius 2 is 2.05 bits per heavy atom. The fraction of sp³-hybridized carbons (Fsp3) is 0.333. The Morgan fingerprint density at radius 3 is 2.59 bits per heavy atom. The number of nitrogens with one attached hydrogen (secondary N) is 1. The van der Waals surface area contributed by atoms with Gasteiger partial charge in [0.2, 0.25) is 0 Å². The van der Waals surface area contributed by atoms with Crippen LogP contribution in [-0.2, 0) is 6.54 Å². The van der Waals surface area contributed by atoms with Gasteiger partial charge in [-0.3, -0.25) is 9.89 Å². The molecule has 0 aliphatic heterocycles. The highest BCUT2D eigenvalue weighted by Gasteiger charge is 2.21. The predicted molar refractivity (Wildman–Crippen MR) is 86.4 cm³/mol. The van der Waals surface area contributed by atoms with Gasteiger partial charge in [-0.15, -0.1) is 0 Å². The quantitative estimate of drug-likeness (QED) is 0.878. The maximum absolute atomic E-state index is 12.7. The van der Waals surface area contributed by atoms with Crippen molar-refractivity contribution in [3.63, 3.8) is 0 Å². The summed E-state index contributed by atoms with van der Waals surface area (Å²) in [5, 5.41) is 17.0. The number of hydrogen-bond donors (Lipinski definition) is 2. The normalized spacial score (nSPS) is 10.8. The third kappa shape index (κ3) is 3.61. The van der Waals surface area contributed by atoms with Crippen molar-refractivity contribution < 1.29 is 9.90 Å². The van der Waals surface area contributed by atoms with E-state index in [1.54, 1.807) is 36.9 Å². The van der Waals surface area contributed by atoms with E-state index in [-0.39, 0.29) is 19.1 Å². The highest BCUT2D eigenvalue weighted by Crippen LogP contribution is 2.24. The van der Waals surface area contributed by atoms with Gasteiger partial charge in [0.1, 0.15) is 0 Å². The Hall–Kier alpha value is -1.56. The van der Waals surface area contributed by atoms with Crippen LogP contribution in [-0.4, -0.2) is 39.3 Å². The van der Waals surface area contributed by atoms with Crippen molar-refractivity contribution in [2.45, 2.75) is 20.4 Å². The molecule has 2 aromatic rings. The first-order chi connectivity index (χ1) is 10.4. The van der Waals surface area contributed by atoms with E-state index < -0.39 is 0 Å². The van der Waals surface area contributed by atoms with E-state index in [1.165, 1.54) is 0 Å². The molecule has 1 amide bonds. The van der Waals surface area contributed by atoms with Crippen LogP contribution in [0.5, 0.6) is 0 Å². The number of H-pyrrole nitrogens is 1. The van der Waals surface area contributed by atoms with E-state index in [4.69, 9.17) is 23.2 Å². The minimum atomic E-state index is -0.177. The molecule has 2 N–H and O–H groups in total. The summed E-state index contributed by atoms with van der Waals surface area (Å²) in [7, 11) is 0. The van der Waals surface area contributed by atoms with Crippen molar-refractivity contribution in [3.05, 3.63) is 50.8 Å². The van der Waals surface area contributed by atoms with Crippen LogP contribution >= 0.6 is 23.2 Å². The molecule has 0 atom stereocenters. The number of halogens is 2. The highest BCUT2D eigenvalue weighted by molar-refractivity contribution is 6.42. The lowest BCUT2D eigenvalue weighted by molar-refractivity contribution is 0.0706. The number of carbonyl (C=O) groups is 1. The topological polar surface area (TPSA) is 69.2 Å². The Balaban J connectivity index is 2.26. The standard InChI is InChI=1S/C15H17Cl2N3O2/c1-9-14(10(2)19-18-9)15(22)20(5-6-21)8-11-3-4-12(16)13(17)7-11/h3-4,7,21H,5-6,8H2,1-2H3,(H,18,19). The molecule has 0 bridgehead atoms. The van der Waals surface area contributed by atoms with E-state index in [9.17, 15) is 9.90 Å². The molecule has 0 aliphatic rings. The van der Waals surface area contributed by atoms with Crippen LogP contribution in [0.2, 0.25) is 10.0 Å². The molecule has 0 fully saturated rings. The molecule has 22 heavy (non-hydrogen) atoms. The summed E-state index contributed by atoms with van der Waals surface area (Å²) in [6, 6.07) is 5.22. The first-order valence-corrected chi connectivity index (χ1v) is 7.55. The fourth-order valence-electron chi connectivity index (χ4n) is 2.26. The number of carbonyl (C=O) groups excluding carboxylic acids is 1. The van der Waals surface area contributed by atoms with Gasteiger partial charge >= 0.3 is 0 Å². The molecule has 0 aliphatic carbocycles. The van der Waals surface area contributed by atoms with Crippen LogP contribution in [0.25, 0.3) is 0 Å². The number of aromatic amines is 1. The van der Waals surface area contributed by atoms with E-state index in [2.05, 4.69) is 10.2 Å². The number of hydrogen-bond acceptors (Lipinski definition) is 3. The molecule has 2 rings (SSSR count). The minimum absolute atomic E-state index is 0.122. The van der Waals surface area contributed by atoms with E-state index >= 15 is 0 Å². The zero-order valence-electron chi connectivity index (χ0n) is 12.4. The summed E-state index contributed by atoms with van der Waals surface area (Å²) in [6.07, 6.45) is 0. The molecule has 0 spiro atoms. The number of rotatable bonds is 5. The van der Waals surface area contributed by atoms with Crippen molar-refractivity contribution in [1.82, 2.24) is 15.1 Å². The molecule has 1 aromatic heterocycles. The molecular weight excluding hydrogens is 325 g/mol. The maximum atomic E-state index is 12.7. The first kappa shape index (κ1) is 16.8. The molecule has 1 heterocycles. The number of aryl methyl sites for hydroxylation is 2. The van der Waals surface area contributed by atoms with Gasteiger partial charge in [0.25, 0.3) is 5.91 Å². The number of amides is 1. The lowest BCUT2D eigenvalue weighted by Crippen LogP contribution is -2.33. The number of aromatic nitrogens is 2. The average Bonchev–Trinajstić information content (AvgIpc) is 2.81. The Labute approximate surface area is 138 Å². The van der Waals surface area contributed by atoms with Crippen molar-refractivity contribution in [2.75, 3.05) is 13.2 Å². The summed E-state index contributed by atoms with van der Waals surface area (Å²) in [4.78, 5) is 14.2. The first-order valence-electron chi connectivity index (χ1n) is 6.79. The number of benzene rings is 1. The van der Waals surface area contributed by atoms with Crippen LogP contribution < -0.4 is 0 Å². The Morgan fingerprint density at radius 1 is 1.32 bits per heavy atom. The lowest BCUT2D eigenvalue weighted by atomic mass is 10.1. The molecule has 0 saturated carbocycles. The van der Waals surface area contributed by atoms with Crippen molar-refractivity contribution in [1.29, 1.82) is 0 Å². The maximum Gasteiger partial charge on any atom is 0.257 e. The lowest BCUT2D eigenvalue weighted by Gasteiger charge is -2.22. The molecule has 5 nitrogen and oxygen atoms in total. The summed E-state index contributed by atoms with van der Waals surface area (Å²) in [5.74, 6) is -0.177. The summed E-state index contributed by atoms with van der Waals surface area (Å²) < 4.78 is 0. The fourth-order valence-corrected chi connectivity index (χ4v) is 2.58. The third-order valence-electron chi connectivity index (χ3n) is 3.36. The summed E-state index contributed by atoms with van der Waals surface area (Å²) in [6.45, 7) is 4.00. The largest absolute Gasteiger partial charge is 0.395 e. The molecule has 0 unspecified atom stereocenters. The van der Waals surface area contributed by atoms with Gasteiger partial charge in [-0.2, -0.15) is 5.10 Å². The number of nitrogens with zero attached hydrogens (tertiary/aromatic N) is 2. The number of aliphatic hydroxyl groups excluding tert-OH is 1. The van der Waals surface area contributed by atoms with Crippen LogP contribution in [0, 0.1) is 13.8 Å². The van der Waals surface area contributed by atoms with Crippen LogP contribution in [0.15, 0.2) is 18.2 Å². The smallest absolute Gasteiger partial charge is 0.257 e. The third-order valence-corrected chi connectivity index (χ3v) is 4.10. The van der Waals surface area contributed by atoms with Crippen LogP contribution in [0.3, 0.4) is 0 Å². The number of aliphatic hydroxyl groups is 1. The second-order valence-electron chi connectivity index (χ2n) is 5.01. The van der Waals surface area contributed by atoms with Gasteiger partial charge < -0.3 is 10.0 Å². The second-order valence-corrected chi connectivity index (χ2v) is 5.82. The molecule has 0 saturated heterocycles. The summed E-state index contributed by atoms with van der Waals surface area (Å²) in [5.41, 5.74) is 2.72. The Bertz CT molecular complexity index is 666. The second kappa shape index (κ2) is 7.13. The van der Waals surface area contributed by atoms with Gasteiger partial charge in [-0.05, 0) is 31.5 Å². The monoisotopic (exact) mass is 341 g/mol. The van der Waals surface area contributed by atoms with Crippen molar-refractivity contribution in [2.24, 2.45) is 0 Å². The minimum Gasteiger partial charge on any atom is -0.395 e. The summed E-state index contributed by atoms with van der Waals surface area (Å²) >= 11 is 11.9. The van der Waals surface area contributed by atoms with Crippen molar-refractivity contribution in [3.8, 4) is 0 Å². The van der Waals surface area contributed by atoms with Gasteiger partial charge in [0.15, 0.2) is 0 Å². The van der Waals surface area contributed by atoms with E-state index in [1.807, 2.05) is 0 Å². The van der Waals surface area contributed by atoms with Gasteiger partial charge in [0.05, 0.1) is 27.9 Å². The van der Waals surface area contributed by atoms with Gasteiger partial charge in [0, 0.05) is 18.8 Å². The zero-order chi connectivity index (χ0) is 16.3. The van der Waals surface area contributed by atoms with E-state index in [0.717, 1.165) is 5.56 Å². The zero-order valence-corrected chi connectivity index (χ0v) is 13.9. The van der Waals surface area contributed by atoms with Gasteiger partial charge in [-0.25, -0.2) is 0 Å². The van der Waals surface area contributed by atoms with Crippen LogP contribution in [0.1, 0.15) is 27.3 Å². The molecule has 1 aromatic carbocycles. The molecule has 7 heteroatoms. The molecular formula is C15H17Cl2N3O2.